The normalized spacial score (nSPS) is 11.2. The monoisotopic (exact) mass is 231 g/mol. The fourth-order valence-electron chi connectivity index (χ4n) is 1.35. The molecule has 0 fully saturated rings. The summed E-state index contributed by atoms with van der Waals surface area (Å²) in [5.41, 5.74) is 1.06. The summed E-state index contributed by atoms with van der Waals surface area (Å²) in [7, 11) is 1.47. The highest BCUT2D eigenvalue weighted by atomic mass is 16.6. The van der Waals surface area contributed by atoms with Gasteiger partial charge in [0.2, 0.25) is 0 Å². The van der Waals surface area contributed by atoms with Crippen LogP contribution >= 0.6 is 0 Å². The average molecular weight is 231 g/mol. The minimum Gasteiger partial charge on any atom is -0.468 e. The molecule has 0 saturated carbocycles. The van der Waals surface area contributed by atoms with Gasteiger partial charge in [0.05, 0.1) is 6.26 Å². The Morgan fingerprint density at radius 2 is 2.00 bits per heavy atom. The van der Waals surface area contributed by atoms with E-state index in [9.17, 15) is 0 Å². The van der Waals surface area contributed by atoms with E-state index in [1.807, 2.05) is 30.3 Å². The average Bonchev–Trinajstić information content (AvgIpc) is 2.89. The van der Waals surface area contributed by atoms with Crippen LogP contribution in [0.1, 0.15) is 11.3 Å². The van der Waals surface area contributed by atoms with E-state index >= 15 is 0 Å². The van der Waals surface area contributed by atoms with Crippen molar-refractivity contribution in [3.63, 3.8) is 0 Å². The van der Waals surface area contributed by atoms with E-state index in [0.29, 0.717) is 18.3 Å². The molecule has 0 amide bonds. The van der Waals surface area contributed by atoms with Crippen LogP contribution < -0.4 is 0 Å². The Balaban J connectivity index is 2.03. The number of rotatable bonds is 4. The van der Waals surface area contributed by atoms with Crippen LogP contribution in [0.5, 0.6) is 0 Å². The molecule has 2 aromatic rings. The quantitative estimate of drug-likeness (QED) is 0.461. The molecule has 1 aromatic carbocycles. The van der Waals surface area contributed by atoms with Gasteiger partial charge in [-0.3, -0.25) is 0 Å². The predicted molar refractivity (Wildman–Crippen MR) is 63.5 cm³/mol. The fourth-order valence-corrected chi connectivity index (χ4v) is 1.35. The molecule has 0 bridgehead atoms. The highest BCUT2D eigenvalue weighted by Gasteiger charge is 2.09. The minimum absolute atomic E-state index is 0.335. The molecule has 4 heteroatoms. The van der Waals surface area contributed by atoms with Crippen LogP contribution in [-0.4, -0.2) is 13.0 Å². The molecule has 17 heavy (non-hydrogen) atoms. The Morgan fingerprint density at radius 1 is 1.18 bits per heavy atom. The van der Waals surface area contributed by atoms with Crippen molar-refractivity contribution in [2.45, 2.75) is 6.61 Å². The van der Waals surface area contributed by atoms with Crippen LogP contribution in [0.2, 0.25) is 0 Å². The molecule has 1 heterocycles. The minimum atomic E-state index is 0.335. The first-order valence-corrected chi connectivity index (χ1v) is 5.22. The van der Waals surface area contributed by atoms with Crippen molar-refractivity contribution in [1.29, 1.82) is 0 Å². The third-order valence-corrected chi connectivity index (χ3v) is 2.12. The van der Waals surface area contributed by atoms with Gasteiger partial charge in [-0.2, -0.15) is 0 Å². The van der Waals surface area contributed by atoms with E-state index in [4.69, 9.17) is 14.0 Å². The number of hydrogen-bond donors (Lipinski definition) is 0. The lowest BCUT2D eigenvalue weighted by atomic mass is 10.2. The van der Waals surface area contributed by atoms with Crippen molar-refractivity contribution in [3.8, 4) is 0 Å². The van der Waals surface area contributed by atoms with E-state index in [2.05, 4.69) is 5.16 Å². The number of benzene rings is 1. The van der Waals surface area contributed by atoms with Gasteiger partial charge in [-0.05, 0) is 22.9 Å². The van der Waals surface area contributed by atoms with E-state index in [1.165, 1.54) is 7.11 Å². The maximum Gasteiger partial charge on any atom is 0.294 e. The number of ether oxygens (including phenoxy) is 1. The molecule has 0 spiro atoms. The van der Waals surface area contributed by atoms with Crippen LogP contribution in [-0.2, 0) is 16.2 Å². The Hall–Kier alpha value is -2.23. The summed E-state index contributed by atoms with van der Waals surface area (Å²) in [6.07, 6.45) is 1.56. The van der Waals surface area contributed by atoms with E-state index in [0.717, 1.165) is 5.56 Å². The van der Waals surface area contributed by atoms with Crippen LogP contribution in [0.15, 0.2) is 58.3 Å². The second-order valence-electron chi connectivity index (χ2n) is 3.33. The van der Waals surface area contributed by atoms with Gasteiger partial charge in [-0.25, -0.2) is 0 Å². The highest BCUT2D eigenvalue weighted by molar-refractivity contribution is 5.90. The standard InChI is InChI=1S/C13H13NO3/c1-15-14-13(12-8-5-9-16-12)17-10-11-6-3-2-4-7-11/h2-9H,10H2,1H3/b14-13+. The van der Waals surface area contributed by atoms with Crippen LogP contribution in [0, 0.1) is 0 Å². The zero-order valence-electron chi connectivity index (χ0n) is 9.50. The molecule has 0 radical (unpaired) electrons. The van der Waals surface area contributed by atoms with Crippen LogP contribution in [0.4, 0.5) is 0 Å². The Bertz CT molecular complexity index is 463. The molecular formula is C13H13NO3. The Labute approximate surface area is 99.5 Å². The van der Waals surface area contributed by atoms with Crippen molar-refractivity contribution >= 4 is 5.90 Å². The van der Waals surface area contributed by atoms with Gasteiger partial charge in [0.1, 0.15) is 13.7 Å². The zero-order valence-corrected chi connectivity index (χ0v) is 9.50. The number of hydrogen-bond acceptors (Lipinski definition) is 4. The van der Waals surface area contributed by atoms with Gasteiger partial charge in [-0.1, -0.05) is 30.3 Å². The van der Waals surface area contributed by atoms with Crippen molar-refractivity contribution in [2.75, 3.05) is 7.11 Å². The molecule has 0 aliphatic carbocycles. The summed E-state index contributed by atoms with van der Waals surface area (Å²) in [5, 5.41) is 3.78. The maximum absolute atomic E-state index is 5.54. The lowest BCUT2D eigenvalue weighted by Crippen LogP contribution is -2.06. The molecule has 0 atom stereocenters. The summed E-state index contributed by atoms with van der Waals surface area (Å²) >= 11 is 0. The van der Waals surface area contributed by atoms with Crippen molar-refractivity contribution in [3.05, 3.63) is 60.1 Å². The third-order valence-electron chi connectivity index (χ3n) is 2.12. The lowest BCUT2D eigenvalue weighted by molar-refractivity contribution is 0.186. The van der Waals surface area contributed by atoms with Gasteiger partial charge in [0.15, 0.2) is 5.76 Å². The van der Waals surface area contributed by atoms with Crippen molar-refractivity contribution in [2.24, 2.45) is 5.16 Å². The fraction of sp³-hybridized carbons (Fsp3) is 0.154. The van der Waals surface area contributed by atoms with Crippen molar-refractivity contribution < 1.29 is 14.0 Å². The summed E-state index contributed by atoms with van der Waals surface area (Å²) in [6.45, 7) is 0.420. The SMILES string of the molecule is CO/N=C(/OCc1ccccc1)c1ccco1. The molecule has 0 unspecified atom stereocenters. The second-order valence-corrected chi connectivity index (χ2v) is 3.33. The highest BCUT2D eigenvalue weighted by Crippen LogP contribution is 2.08. The molecule has 88 valence electrons. The molecule has 0 saturated heterocycles. The smallest absolute Gasteiger partial charge is 0.294 e. The number of nitrogens with zero attached hydrogens (tertiary/aromatic N) is 1. The third kappa shape index (κ3) is 3.11. The van der Waals surface area contributed by atoms with Crippen LogP contribution in [0.25, 0.3) is 0 Å². The van der Waals surface area contributed by atoms with Gasteiger partial charge < -0.3 is 14.0 Å². The predicted octanol–water partition coefficient (Wildman–Crippen LogP) is 2.80. The number of oxime groups is 1. The zero-order chi connectivity index (χ0) is 11.9. The van der Waals surface area contributed by atoms with E-state index < -0.39 is 0 Å². The Morgan fingerprint density at radius 3 is 2.65 bits per heavy atom. The largest absolute Gasteiger partial charge is 0.468 e. The first-order chi connectivity index (χ1) is 8.40. The molecule has 0 aliphatic heterocycles. The first-order valence-electron chi connectivity index (χ1n) is 5.22. The van der Waals surface area contributed by atoms with E-state index in [1.54, 1.807) is 18.4 Å². The second kappa shape index (κ2) is 5.75. The number of furan rings is 1. The first kappa shape index (κ1) is 11.3. The lowest BCUT2D eigenvalue weighted by Gasteiger charge is -2.06. The topological polar surface area (TPSA) is 44.0 Å². The van der Waals surface area contributed by atoms with Crippen molar-refractivity contribution in [1.82, 2.24) is 0 Å². The summed E-state index contributed by atoms with van der Waals surface area (Å²) in [6, 6.07) is 13.4. The molecule has 1 aromatic heterocycles. The summed E-state index contributed by atoms with van der Waals surface area (Å²) in [5.74, 6) is 0.879. The van der Waals surface area contributed by atoms with Gasteiger partial charge in [0.25, 0.3) is 5.90 Å². The van der Waals surface area contributed by atoms with Gasteiger partial charge in [-0.15, -0.1) is 0 Å². The molecule has 0 aliphatic rings. The van der Waals surface area contributed by atoms with Gasteiger partial charge in [0, 0.05) is 0 Å². The molecular weight excluding hydrogens is 218 g/mol. The maximum atomic E-state index is 5.54. The Kier molecular flexibility index (Phi) is 3.81. The molecule has 4 nitrogen and oxygen atoms in total. The molecule has 2 rings (SSSR count). The van der Waals surface area contributed by atoms with E-state index in [-0.39, 0.29) is 0 Å². The van der Waals surface area contributed by atoms with Crippen LogP contribution in [0.3, 0.4) is 0 Å². The summed E-state index contributed by atoms with van der Waals surface area (Å²) in [4.78, 5) is 4.72. The summed E-state index contributed by atoms with van der Waals surface area (Å²) < 4.78 is 10.7. The van der Waals surface area contributed by atoms with Gasteiger partial charge >= 0.3 is 0 Å². The molecule has 0 N–H and O–H groups in total.